The summed E-state index contributed by atoms with van der Waals surface area (Å²) in [5.41, 5.74) is -0.562. The van der Waals surface area contributed by atoms with E-state index in [0.717, 1.165) is 0 Å². The molecule has 23 heavy (non-hydrogen) atoms. The Labute approximate surface area is 135 Å². The zero-order chi connectivity index (χ0) is 17.7. The topological polar surface area (TPSA) is 67.9 Å². The molecule has 1 amide bonds. The number of carbonyl (C=O) groups excluding carboxylic acids is 2. The fraction of sp³-hybridized carbons (Fsp3) is 0.867. The lowest BCUT2D eigenvalue weighted by atomic mass is 10.1. The number of piperidine rings is 1. The lowest BCUT2D eigenvalue weighted by Crippen LogP contribution is -2.50. The minimum Gasteiger partial charge on any atom is -0.462 e. The quantitative estimate of drug-likeness (QED) is 0.780. The van der Waals surface area contributed by atoms with Crippen LogP contribution >= 0.6 is 0 Å². The second-order valence-electron chi connectivity index (χ2n) is 6.55. The lowest BCUT2D eigenvalue weighted by Gasteiger charge is -2.34. The van der Waals surface area contributed by atoms with Gasteiger partial charge < -0.3 is 19.7 Å². The predicted octanol–water partition coefficient (Wildman–Crippen LogP) is 2.17. The first-order valence-electron chi connectivity index (χ1n) is 7.81. The fourth-order valence-corrected chi connectivity index (χ4v) is 2.17. The van der Waals surface area contributed by atoms with Crippen LogP contribution in [0.25, 0.3) is 0 Å². The zero-order valence-corrected chi connectivity index (χ0v) is 14.2. The number of likely N-dealkylation sites (tertiary alicyclic amines) is 1. The Morgan fingerprint density at radius 1 is 1.22 bits per heavy atom. The summed E-state index contributed by atoms with van der Waals surface area (Å²) in [4.78, 5) is 24.6. The van der Waals surface area contributed by atoms with Gasteiger partial charge in [0.1, 0.15) is 5.60 Å². The lowest BCUT2D eigenvalue weighted by molar-refractivity contribution is -0.170. The molecule has 0 aliphatic carbocycles. The molecule has 1 N–H and O–H groups in total. The molecule has 6 nitrogen and oxygen atoms in total. The van der Waals surface area contributed by atoms with Crippen molar-refractivity contribution in [3.63, 3.8) is 0 Å². The molecule has 1 aliphatic heterocycles. The van der Waals surface area contributed by atoms with Crippen molar-refractivity contribution in [2.45, 2.75) is 58.1 Å². The normalized spacial score (nSPS) is 17.0. The summed E-state index contributed by atoms with van der Waals surface area (Å²) < 4.78 is 36.7. The molecular formula is C15H26F2N2O4. The van der Waals surface area contributed by atoms with Gasteiger partial charge >= 0.3 is 18.0 Å². The van der Waals surface area contributed by atoms with E-state index >= 15 is 0 Å². The number of nitrogens with one attached hydrogen (secondary N) is 1. The fourth-order valence-electron chi connectivity index (χ4n) is 2.17. The van der Waals surface area contributed by atoms with Crippen LogP contribution in [0.2, 0.25) is 0 Å². The summed E-state index contributed by atoms with van der Waals surface area (Å²) in [6.07, 6.45) is 0.656. The Morgan fingerprint density at radius 3 is 2.26 bits per heavy atom. The number of hydrogen-bond donors (Lipinski definition) is 1. The molecule has 1 fully saturated rings. The number of esters is 1. The van der Waals surface area contributed by atoms with Crippen molar-refractivity contribution < 1.29 is 27.8 Å². The first kappa shape index (κ1) is 19.6. The Morgan fingerprint density at radius 2 is 1.78 bits per heavy atom. The molecule has 1 aliphatic rings. The highest BCUT2D eigenvalue weighted by atomic mass is 19.3. The summed E-state index contributed by atoms with van der Waals surface area (Å²) >= 11 is 0. The van der Waals surface area contributed by atoms with E-state index in [9.17, 15) is 18.4 Å². The molecule has 1 saturated heterocycles. The maximum absolute atomic E-state index is 13.5. The number of rotatable bonds is 5. The Balaban J connectivity index is 2.37. The molecule has 134 valence electrons. The first-order valence-corrected chi connectivity index (χ1v) is 7.81. The van der Waals surface area contributed by atoms with Crippen LogP contribution in [0.5, 0.6) is 0 Å². The van der Waals surface area contributed by atoms with E-state index in [2.05, 4.69) is 10.1 Å². The zero-order valence-electron chi connectivity index (χ0n) is 14.2. The van der Waals surface area contributed by atoms with Crippen LogP contribution < -0.4 is 5.32 Å². The number of hydrogen-bond acceptors (Lipinski definition) is 5. The molecule has 0 aromatic heterocycles. The molecule has 0 spiro atoms. The van der Waals surface area contributed by atoms with E-state index in [-0.39, 0.29) is 12.6 Å². The van der Waals surface area contributed by atoms with Crippen molar-refractivity contribution in [2.75, 3.05) is 26.2 Å². The average molecular weight is 336 g/mol. The number of amides is 1. The molecule has 8 heteroatoms. The molecule has 0 radical (unpaired) electrons. The Bertz CT molecular complexity index is 416. The standard InChI is InChI=1S/C15H26F2N2O4/c1-5-22-12(20)15(16,17)10-18-11-6-8-19(9-7-11)13(21)23-14(2,3)4/h11,18H,5-10H2,1-4H3. The van der Waals surface area contributed by atoms with Gasteiger partial charge in [-0.05, 0) is 40.5 Å². The van der Waals surface area contributed by atoms with Crippen LogP contribution in [0.1, 0.15) is 40.5 Å². The number of halogens is 2. The molecule has 0 atom stereocenters. The average Bonchev–Trinajstić information content (AvgIpc) is 2.44. The van der Waals surface area contributed by atoms with Crippen molar-refractivity contribution in [1.82, 2.24) is 10.2 Å². The second-order valence-corrected chi connectivity index (χ2v) is 6.55. The number of alkyl halides is 2. The van der Waals surface area contributed by atoms with Crippen LogP contribution in [0.3, 0.4) is 0 Å². The SMILES string of the molecule is CCOC(=O)C(F)(F)CNC1CCN(C(=O)OC(C)(C)C)CC1. The number of ether oxygens (including phenoxy) is 2. The van der Waals surface area contributed by atoms with Crippen LogP contribution in [-0.4, -0.2) is 60.8 Å². The van der Waals surface area contributed by atoms with E-state index in [1.807, 2.05) is 0 Å². The van der Waals surface area contributed by atoms with E-state index in [0.29, 0.717) is 25.9 Å². The minimum absolute atomic E-state index is 0.0807. The third-order valence-electron chi connectivity index (χ3n) is 3.33. The van der Waals surface area contributed by atoms with Crippen molar-refractivity contribution >= 4 is 12.1 Å². The summed E-state index contributed by atoms with van der Waals surface area (Å²) in [5.74, 6) is -5.06. The van der Waals surface area contributed by atoms with Crippen LogP contribution in [0, 0.1) is 0 Å². The van der Waals surface area contributed by atoms with E-state index in [1.54, 1.807) is 25.7 Å². The van der Waals surface area contributed by atoms with Crippen molar-refractivity contribution in [2.24, 2.45) is 0 Å². The van der Waals surface area contributed by atoms with Crippen LogP contribution in [0.15, 0.2) is 0 Å². The summed E-state index contributed by atoms with van der Waals surface area (Å²) in [5, 5.41) is 2.68. The van der Waals surface area contributed by atoms with Gasteiger partial charge in [-0.15, -0.1) is 0 Å². The molecule has 0 unspecified atom stereocenters. The van der Waals surface area contributed by atoms with Gasteiger partial charge in [0, 0.05) is 19.1 Å². The van der Waals surface area contributed by atoms with E-state index in [1.165, 1.54) is 6.92 Å². The summed E-state index contributed by atoms with van der Waals surface area (Å²) in [7, 11) is 0. The van der Waals surface area contributed by atoms with E-state index in [4.69, 9.17) is 4.74 Å². The Hall–Kier alpha value is -1.44. The third kappa shape index (κ3) is 6.68. The minimum atomic E-state index is -3.54. The van der Waals surface area contributed by atoms with Crippen LogP contribution in [-0.2, 0) is 14.3 Å². The molecule has 1 rings (SSSR count). The molecule has 0 aromatic rings. The van der Waals surface area contributed by atoms with Crippen molar-refractivity contribution in [3.05, 3.63) is 0 Å². The van der Waals surface area contributed by atoms with Gasteiger partial charge in [-0.1, -0.05) is 0 Å². The largest absolute Gasteiger partial charge is 0.462 e. The second kappa shape index (κ2) is 7.90. The van der Waals surface area contributed by atoms with Gasteiger partial charge in [0.15, 0.2) is 0 Å². The summed E-state index contributed by atoms with van der Waals surface area (Å²) in [6.45, 7) is 6.86. The molecule has 1 heterocycles. The van der Waals surface area contributed by atoms with Crippen molar-refractivity contribution in [1.29, 1.82) is 0 Å². The summed E-state index contributed by atoms with van der Waals surface area (Å²) in [6, 6.07) is -0.172. The van der Waals surface area contributed by atoms with Gasteiger partial charge in [-0.25, -0.2) is 9.59 Å². The van der Waals surface area contributed by atoms with Gasteiger partial charge in [0.05, 0.1) is 13.2 Å². The van der Waals surface area contributed by atoms with Gasteiger partial charge in [-0.2, -0.15) is 8.78 Å². The molecule has 0 bridgehead atoms. The number of carbonyl (C=O) groups is 2. The Kier molecular flexibility index (Phi) is 6.73. The van der Waals surface area contributed by atoms with Gasteiger partial charge in [0.25, 0.3) is 0 Å². The predicted molar refractivity (Wildman–Crippen MR) is 80.4 cm³/mol. The molecular weight excluding hydrogens is 310 g/mol. The van der Waals surface area contributed by atoms with E-state index < -0.39 is 30.1 Å². The highest BCUT2D eigenvalue weighted by molar-refractivity contribution is 5.77. The van der Waals surface area contributed by atoms with Crippen molar-refractivity contribution in [3.8, 4) is 0 Å². The van der Waals surface area contributed by atoms with Gasteiger partial charge in [0.2, 0.25) is 0 Å². The molecule has 0 aromatic carbocycles. The highest BCUT2D eigenvalue weighted by Gasteiger charge is 2.41. The first-order chi connectivity index (χ1) is 10.5. The maximum atomic E-state index is 13.5. The smallest absolute Gasteiger partial charge is 0.410 e. The maximum Gasteiger partial charge on any atom is 0.410 e. The third-order valence-corrected chi connectivity index (χ3v) is 3.33. The highest BCUT2D eigenvalue weighted by Crippen LogP contribution is 2.18. The monoisotopic (exact) mass is 336 g/mol. The number of nitrogens with zero attached hydrogens (tertiary/aromatic N) is 1. The van der Waals surface area contributed by atoms with Crippen LogP contribution in [0.4, 0.5) is 13.6 Å². The van der Waals surface area contributed by atoms with Gasteiger partial charge in [-0.3, -0.25) is 0 Å². The molecule has 0 saturated carbocycles.